The lowest BCUT2D eigenvalue weighted by atomic mass is 10.1. The minimum Gasteiger partial charge on any atom is -0.324 e. The molecule has 15 heavy (non-hydrogen) atoms. The molecule has 1 unspecified atom stereocenters. The zero-order valence-electron chi connectivity index (χ0n) is 8.25. The molecule has 1 heterocycles. The van der Waals surface area contributed by atoms with Crippen LogP contribution >= 0.6 is 11.6 Å². The Balaban J connectivity index is 2.76. The van der Waals surface area contributed by atoms with Crippen molar-refractivity contribution in [2.24, 2.45) is 5.73 Å². The summed E-state index contributed by atoms with van der Waals surface area (Å²) in [5.74, 6) is 0. The van der Waals surface area contributed by atoms with E-state index in [1.807, 2.05) is 6.07 Å². The lowest BCUT2D eigenvalue weighted by Crippen LogP contribution is -2.19. The summed E-state index contributed by atoms with van der Waals surface area (Å²) in [5, 5.41) is 1.54. The van der Waals surface area contributed by atoms with Crippen molar-refractivity contribution in [3.8, 4) is 0 Å². The van der Waals surface area contributed by atoms with Gasteiger partial charge in [0.15, 0.2) is 0 Å². The molecule has 0 saturated carbocycles. The number of hydrogen-bond acceptors (Lipinski definition) is 2. The number of aromatic nitrogens is 1. The molecule has 0 aliphatic rings. The molecule has 2 aromatic rings. The van der Waals surface area contributed by atoms with Crippen LogP contribution in [0.25, 0.3) is 10.9 Å². The molecule has 1 aromatic carbocycles. The first-order chi connectivity index (χ1) is 7.08. The number of benzene rings is 1. The average molecular weight is 223 g/mol. The second kappa shape index (κ2) is 3.68. The lowest BCUT2D eigenvalue weighted by molar-refractivity contribution is 0.804. The van der Waals surface area contributed by atoms with Crippen LogP contribution in [0.3, 0.4) is 0 Å². The summed E-state index contributed by atoms with van der Waals surface area (Å²) in [4.78, 5) is 14.4. The Morgan fingerprint density at radius 2 is 2.13 bits per heavy atom. The molecule has 3 nitrogen and oxygen atoms in total. The van der Waals surface area contributed by atoms with Gasteiger partial charge < -0.3 is 10.7 Å². The van der Waals surface area contributed by atoms with Gasteiger partial charge in [0.25, 0.3) is 5.56 Å². The first kappa shape index (κ1) is 10.2. The van der Waals surface area contributed by atoms with Gasteiger partial charge in [-0.2, -0.15) is 0 Å². The smallest absolute Gasteiger partial charge is 0.253 e. The van der Waals surface area contributed by atoms with Gasteiger partial charge in [-0.3, -0.25) is 4.79 Å². The molecule has 1 aromatic heterocycles. The maximum Gasteiger partial charge on any atom is 0.253 e. The van der Waals surface area contributed by atoms with Crippen molar-refractivity contribution in [1.29, 1.82) is 0 Å². The van der Waals surface area contributed by atoms with E-state index >= 15 is 0 Å². The highest BCUT2D eigenvalue weighted by Gasteiger charge is 2.06. The topological polar surface area (TPSA) is 58.9 Å². The Kier molecular flexibility index (Phi) is 2.50. The van der Waals surface area contributed by atoms with Crippen molar-refractivity contribution in [3.63, 3.8) is 0 Å². The molecule has 0 aliphatic heterocycles. The van der Waals surface area contributed by atoms with Gasteiger partial charge >= 0.3 is 0 Å². The Hall–Kier alpha value is -1.32. The van der Waals surface area contributed by atoms with Crippen LogP contribution in [0.1, 0.15) is 18.5 Å². The van der Waals surface area contributed by atoms with Crippen LogP contribution in [0.5, 0.6) is 0 Å². The molecule has 0 fully saturated rings. The van der Waals surface area contributed by atoms with Crippen LogP contribution in [0.4, 0.5) is 0 Å². The van der Waals surface area contributed by atoms with Crippen LogP contribution in [0.15, 0.2) is 29.1 Å². The molecule has 0 saturated heterocycles. The van der Waals surface area contributed by atoms with Gasteiger partial charge in [-0.15, -0.1) is 0 Å². The number of halogens is 1. The van der Waals surface area contributed by atoms with E-state index in [9.17, 15) is 4.79 Å². The SMILES string of the molecule is CC(N)c1cc2ccc(Cl)cc2[nH]c1=O. The van der Waals surface area contributed by atoms with Gasteiger partial charge in [0.2, 0.25) is 0 Å². The molecular formula is C11H11ClN2O. The summed E-state index contributed by atoms with van der Waals surface area (Å²) in [6.45, 7) is 1.78. The van der Waals surface area contributed by atoms with E-state index in [4.69, 9.17) is 17.3 Å². The van der Waals surface area contributed by atoms with E-state index in [-0.39, 0.29) is 11.6 Å². The lowest BCUT2D eigenvalue weighted by Gasteiger charge is -2.06. The first-order valence-corrected chi connectivity index (χ1v) is 5.04. The zero-order chi connectivity index (χ0) is 11.0. The highest BCUT2D eigenvalue weighted by molar-refractivity contribution is 6.31. The molecule has 1 atom stereocenters. The molecule has 0 spiro atoms. The van der Waals surface area contributed by atoms with Crippen LogP contribution in [0, 0.1) is 0 Å². The molecule has 3 N–H and O–H groups in total. The zero-order valence-corrected chi connectivity index (χ0v) is 9.01. The van der Waals surface area contributed by atoms with E-state index in [1.165, 1.54) is 0 Å². The third-order valence-corrected chi connectivity index (χ3v) is 2.56. The van der Waals surface area contributed by atoms with Gasteiger partial charge in [-0.25, -0.2) is 0 Å². The van der Waals surface area contributed by atoms with E-state index in [1.54, 1.807) is 25.1 Å². The van der Waals surface area contributed by atoms with Gasteiger partial charge in [-0.1, -0.05) is 17.7 Å². The highest BCUT2D eigenvalue weighted by atomic mass is 35.5. The number of nitrogens with two attached hydrogens (primary N) is 1. The Bertz CT molecular complexity index is 560. The van der Waals surface area contributed by atoms with Gasteiger partial charge in [0.1, 0.15) is 0 Å². The fraction of sp³-hybridized carbons (Fsp3) is 0.182. The maximum absolute atomic E-state index is 11.6. The van der Waals surface area contributed by atoms with Crippen LogP contribution in [0.2, 0.25) is 5.02 Å². The number of nitrogens with one attached hydrogen (secondary N) is 1. The quantitative estimate of drug-likeness (QED) is 0.777. The maximum atomic E-state index is 11.6. The Morgan fingerprint density at radius 1 is 1.40 bits per heavy atom. The predicted molar refractivity (Wildman–Crippen MR) is 62.2 cm³/mol. The molecule has 2 rings (SSSR count). The molecular weight excluding hydrogens is 212 g/mol. The fourth-order valence-corrected chi connectivity index (χ4v) is 1.70. The average Bonchev–Trinajstić information content (AvgIpc) is 2.15. The summed E-state index contributed by atoms with van der Waals surface area (Å²) in [6, 6.07) is 6.90. The van der Waals surface area contributed by atoms with Crippen LogP contribution in [-0.4, -0.2) is 4.98 Å². The van der Waals surface area contributed by atoms with E-state index in [0.29, 0.717) is 10.6 Å². The highest BCUT2D eigenvalue weighted by Crippen LogP contribution is 2.18. The summed E-state index contributed by atoms with van der Waals surface area (Å²) in [5.41, 5.74) is 6.86. The van der Waals surface area contributed by atoms with E-state index in [2.05, 4.69) is 4.98 Å². The second-order valence-corrected chi connectivity index (χ2v) is 4.01. The van der Waals surface area contributed by atoms with Crippen LogP contribution < -0.4 is 11.3 Å². The molecule has 0 aliphatic carbocycles. The van der Waals surface area contributed by atoms with Crippen molar-refractivity contribution in [1.82, 2.24) is 4.98 Å². The summed E-state index contributed by atoms with van der Waals surface area (Å²) in [6.07, 6.45) is 0. The van der Waals surface area contributed by atoms with E-state index < -0.39 is 0 Å². The molecule has 0 radical (unpaired) electrons. The van der Waals surface area contributed by atoms with Gasteiger partial charge in [-0.05, 0) is 30.5 Å². The molecule has 4 heteroatoms. The monoisotopic (exact) mass is 222 g/mol. The van der Waals surface area contributed by atoms with Crippen molar-refractivity contribution in [2.45, 2.75) is 13.0 Å². The number of H-pyrrole nitrogens is 1. The summed E-state index contributed by atoms with van der Waals surface area (Å²) >= 11 is 5.83. The minimum absolute atomic E-state index is 0.153. The third kappa shape index (κ3) is 1.89. The third-order valence-electron chi connectivity index (χ3n) is 2.33. The van der Waals surface area contributed by atoms with Crippen molar-refractivity contribution in [3.05, 3.63) is 45.2 Å². The fourth-order valence-electron chi connectivity index (χ4n) is 1.53. The van der Waals surface area contributed by atoms with E-state index in [0.717, 1.165) is 10.9 Å². The minimum atomic E-state index is -0.270. The van der Waals surface area contributed by atoms with Gasteiger partial charge in [0.05, 0.1) is 0 Å². The van der Waals surface area contributed by atoms with Gasteiger partial charge in [0, 0.05) is 22.1 Å². The second-order valence-electron chi connectivity index (χ2n) is 3.57. The summed E-state index contributed by atoms with van der Waals surface area (Å²) in [7, 11) is 0. The number of hydrogen-bond donors (Lipinski definition) is 2. The predicted octanol–water partition coefficient (Wildman–Crippen LogP) is 2.20. The van der Waals surface area contributed by atoms with Crippen LogP contribution in [-0.2, 0) is 0 Å². The number of fused-ring (bicyclic) bond motifs is 1. The molecule has 78 valence electrons. The standard InChI is InChI=1S/C11H11ClN2O/c1-6(13)9-4-7-2-3-8(12)5-10(7)14-11(9)15/h2-6H,13H2,1H3,(H,14,15). The van der Waals surface area contributed by atoms with Crippen molar-refractivity contribution >= 4 is 22.5 Å². The number of rotatable bonds is 1. The molecule has 0 bridgehead atoms. The number of aromatic amines is 1. The van der Waals surface area contributed by atoms with Crippen molar-refractivity contribution in [2.75, 3.05) is 0 Å². The normalized spacial score (nSPS) is 13.0. The van der Waals surface area contributed by atoms with Crippen molar-refractivity contribution < 1.29 is 0 Å². The first-order valence-electron chi connectivity index (χ1n) is 4.66. The summed E-state index contributed by atoms with van der Waals surface area (Å²) < 4.78 is 0. The molecule has 0 amide bonds. The number of pyridine rings is 1. The Labute approximate surface area is 91.9 Å². The Morgan fingerprint density at radius 3 is 2.80 bits per heavy atom. The largest absolute Gasteiger partial charge is 0.324 e.